The number of amides is 1. The maximum atomic E-state index is 13.5. The lowest BCUT2D eigenvalue weighted by atomic mass is 10.2. The van der Waals surface area contributed by atoms with E-state index < -0.39 is 21.9 Å². The topological polar surface area (TPSA) is 46.2 Å². The minimum atomic E-state index is -1.68. The van der Waals surface area contributed by atoms with Gasteiger partial charge in [0.1, 0.15) is 11.1 Å². The second-order valence-corrected chi connectivity index (χ2v) is 6.31. The third kappa shape index (κ3) is 4.42. The van der Waals surface area contributed by atoms with Crippen molar-refractivity contribution >= 4 is 16.7 Å². The molecule has 1 aromatic carbocycles. The van der Waals surface area contributed by atoms with Crippen LogP contribution in [0.4, 0.5) is 4.39 Å². The summed E-state index contributed by atoms with van der Waals surface area (Å²) >= 11 is 0. The van der Waals surface area contributed by atoms with Gasteiger partial charge in [0.05, 0.1) is 15.7 Å². The lowest BCUT2D eigenvalue weighted by molar-refractivity contribution is -0.121. The van der Waals surface area contributed by atoms with Gasteiger partial charge in [0.2, 0.25) is 5.91 Å². The standard InChI is InChI=1S/C14H20FNO2S/c1-4-7-10(2)16-14(17)11(3)19(18)13-9-6-5-8-12(13)15/h5-6,8-11H,4,7H2,1-3H3,(H,16,17). The van der Waals surface area contributed by atoms with Crippen LogP contribution < -0.4 is 5.32 Å². The highest BCUT2D eigenvalue weighted by molar-refractivity contribution is 7.86. The Labute approximate surface area is 116 Å². The molecule has 0 heterocycles. The molecule has 19 heavy (non-hydrogen) atoms. The summed E-state index contributed by atoms with van der Waals surface area (Å²) in [6, 6.07) is 5.88. The maximum Gasteiger partial charge on any atom is 0.236 e. The molecule has 5 heteroatoms. The zero-order chi connectivity index (χ0) is 14.4. The van der Waals surface area contributed by atoms with Crippen molar-refractivity contribution in [1.82, 2.24) is 5.32 Å². The van der Waals surface area contributed by atoms with Gasteiger partial charge in [0, 0.05) is 6.04 Å². The Morgan fingerprint density at radius 3 is 2.58 bits per heavy atom. The Kier molecular flexibility index (Phi) is 6.15. The fourth-order valence-corrected chi connectivity index (χ4v) is 2.88. The van der Waals surface area contributed by atoms with Crippen molar-refractivity contribution in [3.05, 3.63) is 30.1 Å². The SMILES string of the molecule is CCCC(C)NC(=O)C(C)S(=O)c1ccccc1F. The van der Waals surface area contributed by atoms with Gasteiger partial charge in [-0.15, -0.1) is 0 Å². The van der Waals surface area contributed by atoms with Crippen molar-refractivity contribution in [3.63, 3.8) is 0 Å². The highest BCUT2D eigenvalue weighted by Gasteiger charge is 2.24. The van der Waals surface area contributed by atoms with Crippen LogP contribution in [0.3, 0.4) is 0 Å². The molecule has 0 aliphatic heterocycles. The van der Waals surface area contributed by atoms with E-state index in [-0.39, 0.29) is 16.8 Å². The highest BCUT2D eigenvalue weighted by atomic mass is 32.2. The molecule has 0 aromatic heterocycles. The summed E-state index contributed by atoms with van der Waals surface area (Å²) in [4.78, 5) is 12.0. The summed E-state index contributed by atoms with van der Waals surface area (Å²) in [6.45, 7) is 5.49. The average molecular weight is 285 g/mol. The molecule has 0 saturated carbocycles. The van der Waals surface area contributed by atoms with Gasteiger partial charge in [-0.05, 0) is 32.4 Å². The molecule has 0 aliphatic rings. The second-order valence-electron chi connectivity index (χ2n) is 4.57. The van der Waals surface area contributed by atoms with Crippen LogP contribution in [0.1, 0.15) is 33.6 Å². The number of benzene rings is 1. The smallest absolute Gasteiger partial charge is 0.236 e. The molecule has 0 spiro atoms. The second kappa shape index (κ2) is 7.38. The van der Waals surface area contributed by atoms with E-state index in [1.807, 2.05) is 13.8 Å². The summed E-state index contributed by atoms with van der Waals surface area (Å²) in [5.74, 6) is -0.843. The van der Waals surface area contributed by atoms with Crippen molar-refractivity contribution in [1.29, 1.82) is 0 Å². The van der Waals surface area contributed by atoms with Crippen LogP contribution in [-0.2, 0) is 15.6 Å². The Hall–Kier alpha value is -1.23. The quantitative estimate of drug-likeness (QED) is 0.873. The molecule has 1 N–H and O–H groups in total. The summed E-state index contributed by atoms with van der Waals surface area (Å²) in [5, 5.41) is 2.03. The molecule has 3 unspecified atom stereocenters. The minimum Gasteiger partial charge on any atom is -0.353 e. The first kappa shape index (κ1) is 15.8. The molecule has 3 nitrogen and oxygen atoms in total. The molecule has 1 rings (SSSR count). The zero-order valence-electron chi connectivity index (χ0n) is 11.5. The number of carbonyl (C=O) groups excluding carboxylic acids is 1. The zero-order valence-corrected chi connectivity index (χ0v) is 12.3. The number of rotatable bonds is 6. The van der Waals surface area contributed by atoms with Gasteiger partial charge in [-0.3, -0.25) is 9.00 Å². The monoisotopic (exact) mass is 285 g/mol. The van der Waals surface area contributed by atoms with Crippen molar-refractivity contribution in [2.24, 2.45) is 0 Å². The summed E-state index contributed by atoms with van der Waals surface area (Å²) in [5.41, 5.74) is 0. The third-order valence-electron chi connectivity index (χ3n) is 2.85. The molecule has 0 saturated heterocycles. The summed E-state index contributed by atoms with van der Waals surface area (Å²) in [6.07, 6.45) is 1.83. The van der Waals surface area contributed by atoms with Gasteiger partial charge in [0.25, 0.3) is 0 Å². The molecule has 3 atom stereocenters. The van der Waals surface area contributed by atoms with Gasteiger partial charge in [-0.2, -0.15) is 0 Å². The minimum absolute atomic E-state index is 0.0394. The maximum absolute atomic E-state index is 13.5. The molecule has 0 aliphatic carbocycles. The fourth-order valence-electron chi connectivity index (χ4n) is 1.76. The van der Waals surface area contributed by atoms with Gasteiger partial charge >= 0.3 is 0 Å². The lowest BCUT2D eigenvalue weighted by Gasteiger charge is -2.17. The molecule has 106 valence electrons. The average Bonchev–Trinajstić information content (AvgIpc) is 2.37. The number of nitrogens with one attached hydrogen (secondary N) is 1. The van der Waals surface area contributed by atoms with Crippen LogP contribution in [0.25, 0.3) is 0 Å². The molecule has 1 amide bonds. The molecule has 1 aromatic rings. The van der Waals surface area contributed by atoms with Crippen LogP contribution in [0.5, 0.6) is 0 Å². The fraction of sp³-hybridized carbons (Fsp3) is 0.500. The molecule has 0 radical (unpaired) electrons. The predicted octanol–water partition coefficient (Wildman–Crippen LogP) is 2.63. The first-order chi connectivity index (χ1) is 8.97. The summed E-state index contributed by atoms with van der Waals surface area (Å²) in [7, 11) is -1.68. The van der Waals surface area contributed by atoms with Gasteiger partial charge < -0.3 is 5.32 Å². The molecule has 0 fully saturated rings. The number of hydrogen-bond acceptors (Lipinski definition) is 2. The lowest BCUT2D eigenvalue weighted by Crippen LogP contribution is -2.40. The Balaban J connectivity index is 2.72. The predicted molar refractivity (Wildman–Crippen MR) is 74.8 cm³/mol. The van der Waals surface area contributed by atoms with E-state index in [4.69, 9.17) is 0 Å². The Bertz CT molecular complexity index is 465. The van der Waals surface area contributed by atoms with E-state index in [0.717, 1.165) is 12.8 Å². The van der Waals surface area contributed by atoms with Crippen LogP contribution >= 0.6 is 0 Å². The third-order valence-corrected chi connectivity index (χ3v) is 4.47. The Morgan fingerprint density at radius 1 is 1.37 bits per heavy atom. The first-order valence-electron chi connectivity index (χ1n) is 6.42. The van der Waals surface area contributed by atoms with Crippen molar-refractivity contribution in [2.75, 3.05) is 0 Å². The van der Waals surface area contributed by atoms with E-state index in [2.05, 4.69) is 5.32 Å². The van der Waals surface area contributed by atoms with Crippen molar-refractivity contribution < 1.29 is 13.4 Å². The van der Waals surface area contributed by atoms with Crippen molar-refractivity contribution in [3.8, 4) is 0 Å². The van der Waals surface area contributed by atoms with Gasteiger partial charge in [0.15, 0.2) is 0 Å². The van der Waals surface area contributed by atoms with Crippen molar-refractivity contribution in [2.45, 2.75) is 49.8 Å². The van der Waals surface area contributed by atoms with Crippen LogP contribution in [0.2, 0.25) is 0 Å². The number of hydrogen-bond donors (Lipinski definition) is 1. The van der Waals surface area contributed by atoms with Crippen LogP contribution in [-0.4, -0.2) is 21.4 Å². The number of carbonyl (C=O) groups is 1. The van der Waals surface area contributed by atoms with E-state index in [9.17, 15) is 13.4 Å². The van der Waals surface area contributed by atoms with E-state index in [1.165, 1.54) is 18.2 Å². The van der Waals surface area contributed by atoms with E-state index in [0.29, 0.717) is 0 Å². The molecular weight excluding hydrogens is 265 g/mol. The normalized spacial score (nSPS) is 15.6. The summed E-state index contributed by atoms with van der Waals surface area (Å²) < 4.78 is 25.7. The largest absolute Gasteiger partial charge is 0.353 e. The molecular formula is C14H20FNO2S. The highest BCUT2D eigenvalue weighted by Crippen LogP contribution is 2.15. The first-order valence-corrected chi connectivity index (χ1v) is 7.64. The van der Waals surface area contributed by atoms with Crippen LogP contribution in [0, 0.1) is 5.82 Å². The van der Waals surface area contributed by atoms with Gasteiger partial charge in [-0.25, -0.2) is 4.39 Å². The molecule has 0 bridgehead atoms. The van der Waals surface area contributed by atoms with Gasteiger partial charge in [-0.1, -0.05) is 25.5 Å². The Morgan fingerprint density at radius 2 is 2.00 bits per heavy atom. The number of halogens is 1. The van der Waals surface area contributed by atoms with Crippen LogP contribution in [0.15, 0.2) is 29.2 Å². The van der Waals surface area contributed by atoms with E-state index in [1.54, 1.807) is 13.0 Å². The van der Waals surface area contributed by atoms with E-state index >= 15 is 0 Å².